The average Bonchev–Trinajstić information content (AvgIpc) is 2.33. The fourth-order valence-corrected chi connectivity index (χ4v) is 2.13. The van der Waals surface area contributed by atoms with Crippen molar-refractivity contribution in [3.05, 3.63) is 0 Å². The Morgan fingerprint density at radius 1 is 1.33 bits per heavy atom. The van der Waals surface area contributed by atoms with Gasteiger partial charge in [0.1, 0.15) is 0 Å². The Morgan fingerprint density at radius 2 is 1.86 bits per heavy atom. The van der Waals surface area contributed by atoms with Crippen molar-refractivity contribution in [3.63, 3.8) is 0 Å². The first-order chi connectivity index (χ1) is 9.70. The Labute approximate surface area is 120 Å². The quantitative estimate of drug-likeness (QED) is 0.286. The van der Waals surface area contributed by atoms with E-state index in [1.165, 1.54) is 4.90 Å². The number of nitrogens with one attached hydrogen (secondary N) is 1. The van der Waals surface area contributed by atoms with Crippen molar-refractivity contribution in [2.75, 3.05) is 26.2 Å². The molecule has 0 spiro atoms. The number of carboxylic acids is 2. The first kappa shape index (κ1) is 17.0. The monoisotopic (exact) mass is 302 g/mol. The van der Waals surface area contributed by atoms with Crippen molar-refractivity contribution < 1.29 is 29.4 Å². The van der Waals surface area contributed by atoms with Gasteiger partial charge in [0.15, 0.2) is 6.17 Å². The number of nitrogens with zero attached hydrogens (tertiary/aromatic N) is 2. The second kappa shape index (κ2) is 7.11. The number of aliphatic carboxylic acids is 2. The highest BCUT2D eigenvalue weighted by molar-refractivity contribution is 5.99. The highest BCUT2D eigenvalue weighted by Gasteiger charge is 2.31. The normalized spacial score (nSPS) is 19.2. The highest BCUT2D eigenvalue weighted by atomic mass is 16.4. The third-order valence-corrected chi connectivity index (χ3v) is 3.03. The lowest BCUT2D eigenvalue weighted by Gasteiger charge is -2.35. The van der Waals surface area contributed by atoms with Crippen LogP contribution in [0.3, 0.4) is 0 Å². The van der Waals surface area contributed by atoms with Crippen LogP contribution in [0.4, 0.5) is 0 Å². The average molecular weight is 302 g/mol. The van der Waals surface area contributed by atoms with Gasteiger partial charge in [0.2, 0.25) is 11.8 Å². The number of carbonyl (C=O) groups is 4. The van der Waals surface area contributed by atoms with E-state index in [0.29, 0.717) is 0 Å². The van der Waals surface area contributed by atoms with Crippen LogP contribution in [-0.4, -0.2) is 82.2 Å². The predicted octanol–water partition coefficient (Wildman–Crippen LogP) is -2.91. The maximum absolute atomic E-state index is 11.3. The zero-order valence-electron chi connectivity index (χ0n) is 11.5. The molecule has 1 unspecified atom stereocenters. The van der Waals surface area contributed by atoms with Crippen molar-refractivity contribution in [2.45, 2.75) is 19.1 Å². The lowest BCUT2D eigenvalue weighted by Crippen LogP contribution is -2.59. The molecule has 1 rings (SSSR count). The Morgan fingerprint density at radius 3 is 2.29 bits per heavy atom. The third kappa shape index (κ3) is 5.10. The lowest BCUT2D eigenvalue weighted by molar-refractivity contribution is -0.148. The van der Waals surface area contributed by atoms with Gasteiger partial charge in [0, 0.05) is 12.6 Å². The summed E-state index contributed by atoms with van der Waals surface area (Å²) in [6, 6.07) is -0.564. The summed E-state index contributed by atoms with van der Waals surface area (Å²) in [6.07, 6.45) is -1.48. The smallest absolute Gasteiger partial charge is 0.335 e. The summed E-state index contributed by atoms with van der Waals surface area (Å²) < 4.78 is 0. The topological polar surface area (TPSA) is 153 Å². The van der Waals surface area contributed by atoms with E-state index in [1.807, 2.05) is 0 Å². The minimum atomic E-state index is -1.48. The number of imide groups is 1. The van der Waals surface area contributed by atoms with Crippen LogP contribution in [0.1, 0.15) is 6.92 Å². The molecular weight excluding hydrogens is 284 g/mol. The van der Waals surface area contributed by atoms with Gasteiger partial charge in [-0.3, -0.25) is 29.5 Å². The number of hydrogen-bond donors (Lipinski definition) is 4. The van der Waals surface area contributed by atoms with Crippen molar-refractivity contribution in [1.29, 1.82) is 0 Å². The van der Waals surface area contributed by atoms with Gasteiger partial charge in [-0.05, 0) is 6.92 Å². The number of piperazine rings is 1. The molecule has 21 heavy (non-hydrogen) atoms. The van der Waals surface area contributed by atoms with Crippen LogP contribution >= 0.6 is 0 Å². The summed E-state index contributed by atoms with van der Waals surface area (Å²) in [5.74, 6) is -3.47. The first-order valence-corrected chi connectivity index (χ1v) is 6.21. The van der Waals surface area contributed by atoms with E-state index in [4.69, 9.17) is 15.9 Å². The van der Waals surface area contributed by atoms with E-state index in [-0.39, 0.29) is 19.6 Å². The van der Waals surface area contributed by atoms with E-state index in [1.54, 1.807) is 6.92 Å². The van der Waals surface area contributed by atoms with Gasteiger partial charge in [-0.2, -0.15) is 0 Å². The molecule has 1 fully saturated rings. The fourth-order valence-electron chi connectivity index (χ4n) is 2.13. The molecule has 0 aliphatic carbocycles. The van der Waals surface area contributed by atoms with Crippen LogP contribution in [0, 0.1) is 0 Å². The summed E-state index contributed by atoms with van der Waals surface area (Å²) in [5.41, 5.74) is 5.47. The maximum Gasteiger partial charge on any atom is 0.335 e. The van der Waals surface area contributed by atoms with E-state index in [9.17, 15) is 19.2 Å². The molecule has 0 aromatic carbocycles. The molecule has 0 aromatic rings. The van der Waals surface area contributed by atoms with Gasteiger partial charge in [-0.25, -0.2) is 4.79 Å². The first-order valence-electron chi connectivity index (χ1n) is 6.21. The molecule has 0 radical (unpaired) electrons. The summed E-state index contributed by atoms with van der Waals surface area (Å²) in [4.78, 5) is 46.9. The molecule has 5 N–H and O–H groups in total. The summed E-state index contributed by atoms with van der Waals surface area (Å²) >= 11 is 0. The number of carbonyl (C=O) groups excluding carboxylic acids is 2. The van der Waals surface area contributed by atoms with Crippen molar-refractivity contribution >= 4 is 23.8 Å². The highest BCUT2D eigenvalue weighted by Crippen LogP contribution is 2.07. The number of amides is 2. The Hall–Kier alpha value is -2.04. The fraction of sp³-hybridized carbons (Fsp3) is 0.636. The second-order valence-corrected chi connectivity index (χ2v) is 4.84. The lowest BCUT2D eigenvalue weighted by atomic mass is 10.2. The van der Waals surface area contributed by atoms with Gasteiger partial charge in [0.25, 0.3) is 0 Å². The number of carboxylic acid groups (broad SMARTS) is 2. The molecule has 2 amide bonds. The van der Waals surface area contributed by atoms with Crippen LogP contribution in [0.25, 0.3) is 0 Å². The van der Waals surface area contributed by atoms with Crippen LogP contribution in [0.2, 0.25) is 0 Å². The van der Waals surface area contributed by atoms with E-state index in [2.05, 4.69) is 5.32 Å². The van der Waals surface area contributed by atoms with Crippen molar-refractivity contribution in [3.8, 4) is 0 Å². The summed E-state index contributed by atoms with van der Waals surface area (Å²) in [5, 5.41) is 19.9. The SMILES string of the molecule is C[C@@H](CN1CC(=O)NC(=O)C1)N(CC(=O)O)C(N)C(=O)O. The Bertz CT molecular complexity index is 438. The summed E-state index contributed by atoms with van der Waals surface area (Å²) in [6.45, 7) is 1.15. The molecule has 0 saturated carbocycles. The predicted molar refractivity (Wildman–Crippen MR) is 69.0 cm³/mol. The molecule has 1 aliphatic heterocycles. The molecule has 2 atom stereocenters. The van der Waals surface area contributed by atoms with Crippen molar-refractivity contribution in [2.24, 2.45) is 5.73 Å². The molecule has 1 heterocycles. The van der Waals surface area contributed by atoms with Gasteiger partial charge < -0.3 is 15.9 Å². The summed E-state index contributed by atoms with van der Waals surface area (Å²) in [7, 11) is 0. The van der Waals surface area contributed by atoms with E-state index < -0.39 is 42.5 Å². The molecule has 10 nitrogen and oxygen atoms in total. The van der Waals surface area contributed by atoms with Gasteiger partial charge in [-0.15, -0.1) is 0 Å². The molecule has 1 aliphatic rings. The molecule has 0 bridgehead atoms. The van der Waals surface area contributed by atoms with Gasteiger partial charge in [0.05, 0.1) is 19.6 Å². The largest absolute Gasteiger partial charge is 0.480 e. The van der Waals surface area contributed by atoms with E-state index >= 15 is 0 Å². The molecule has 118 valence electrons. The maximum atomic E-state index is 11.3. The second-order valence-electron chi connectivity index (χ2n) is 4.84. The minimum Gasteiger partial charge on any atom is -0.480 e. The van der Waals surface area contributed by atoms with Gasteiger partial charge >= 0.3 is 11.9 Å². The van der Waals surface area contributed by atoms with Gasteiger partial charge in [-0.1, -0.05) is 0 Å². The Kier molecular flexibility index (Phi) is 5.76. The Balaban J connectivity index is 2.73. The number of rotatable bonds is 7. The standard InChI is InChI=1S/C11H18N4O6/c1-6(2-14-3-7(16)13-8(17)4-14)15(5-9(18)19)10(12)11(20)21/h6,10H,2-5,12H2,1H3,(H,18,19)(H,20,21)(H,13,16,17)/t6-,10?/m0/s1. The molecular formula is C11H18N4O6. The third-order valence-electron chi connectivity index (χ3n) is 3.03. The zero-order chi connectivity index (χ0) is 16.2. The van der Waals surface area contributed by atoms with Crippen LogP contribution in [0.5, 0.6) is 0 Å². The van der Waals surface area contributed by atoms with Crippen LogP contribution in [-0.2, 0) is 19.2 Å². The van der Waals surface area contributed by atoms with Crippen molar-refractivity contribution in [1.82, 2.24) is 15.1 Å². The van der Waals surface area contributed by atoms with Crippen LogP contribution in [0.15, 0.2) is 0 Å². The number of nitrogens with two attached hydrogens (primary N) is 1. The molecule has 1 saturated heterocycles. The number of hydrogen-bond acceptors (Lipinski definition) is 7. The van der Waals surface area contributed by atoms with E-state index in [0.717, 1.165) is 4.90 Å². The minimum absolute atomic E-state index is 0.0146. The molecule has 0 aromatic heterocycles. The zero-order valence-corrected chi connectivity index (χ0v) is 11.5. The van der Waals surface area contributed by atoms with Crippen LogP contribution < -0.4 is 11.1 Å². The molecule has 10 heteroatoms.